The first-order valence-electron chi connectivity index (χ1n) is 6.33. The van der Waals surface area contributed by atoms with Crippen LogP contribution in [0.4, 0.5) is 0 Å². The largest absolute Gasteiger partial charge is 0.481 e. The summed E-state index contributed by atoms with van der Waals surface area (Å²) >= 11 is 3.39. The minimum absolute atomic E-state index is 0.0916. The zero-order chi connectivity index (χ0) is 14.6. The molecule has 4 nitrogen and oxygen atoms in total. The van der Waals surface area contributed by atoms with Crippen LogP contribution in [0.1, 0.15) is 39.3 Å². The first-order valence-corrected chi connectivity index (χ1v) is 7.12. The van der Waals surface area contributed by atoms with Gasteiger partial charge in [-0.1, -0.05) is 22.0 Å². The SMILES string of the molecule is CC(C)NC(=O)C(C)Oc1cc(Br)ccc1[C@@H](C)N. The van der Waals surface area contributed by atoms with Crippen molar-refractivity contribution in [2.45, 2.75) is 45.9 Å². The van der Waals surface area contributed by atoms with E-state index in [-0.39, 0.29) is 18.0 Å². The van der Waals surface area contributed by atoms with Crippen molar-refractivity contribution in [3.63, 3.8) is 0 Å². The van der Waals surface area contributed by atoms with E-state index in [0.29, 0.717) is 5.75 Å². The maximum Gasteiger partial charge on any atom is 0.260 e. The minimum atomic E-state index is -0.561. The van der Waals surface area contributed by atoms with Crippen molar-refractivity contribution >= 4 is 21.8 Å². The molecule has 106 valence electrons. The van der Waals surface area contributed by atoms with Gasteiger partial charge in [0.25, 0.3) is 5.91 Å². The lowest BCUT2D eigenvalue weighted by Crippen LogP contribution is -2.40. The van der Waals surface area contributed by atoms with E-state index in [1.54, 1.807) is 6.92 Å². The van der Waals surface area contributed by atoms with Crippen molar-refractivity contribution in [3.8, 4) is 5.75 Å². The average Bonchev–Trinajstić information content (AvgIpc) is 2.27. The molecule has 0 aliphatic heterocycles. The van der Waals surface area contributed by atoms with E-state index in [1.807, 2.05) is 39.0 Å². The summed E-state index contributed by atoms with van der Waals surface area (Å²) in [5.74, 6) is 0.501. The Bertz CT molecular complexity index is 447. The highest BCUT2D eigenvalue weighted by molar-refractivity contribution is 9.10. The van der Waals surface area contributed by atoms with E-state index in [4.69, 9.17) is 10.5 Å². The molecule has 0 bridgehead atoms. The van der Waals surface area contributed by atoms with Crippen LogP contribution in [0, 0.1) is 0 Å². The molecule has 1 aromatic carbocycles. The van der Waals surface area contributed by atoms with Crippen LogP contribution in [-0.4, -0.2) is 18.1 Å². The van der Waals surface area contributed by atoms with Gasteiger partial charge in [-0.15, -0.1) is 0 Å². The van der Waals surface area contributed by atoms with Gasteiger partial charge in [0.1, 0.15) is 5.75 Å². The molecule has 0 aliphatic rings. The van der Waals surface area contributed by atoms with Crippen LogP contribution in [0.25, 0.3) is 0 Å². The maximum absolute atomic E-state index is 11.8. The lowest BCUT2D eigenvalue weighted by atomic mass is 10.1. The molecule has 0 saturated heterocycles. The first kappa shape index (κ1) is 16.0. The molecule has 5 heteroatoms. The summed E-state index contributed by atoms with van der Waals surface area (Å²) in [7, 11) is 0. The van der Waals surface area contributed by atoms with Gasteiger partial charge in [-0.05, 0) is 39.8 Å². The normalized spacial score (nSPS) is 14.1. The molecule has 1 rings (SSSR count). The average molecular weight is 329 g/mol. The van der Waals surface area contributed by atoms with Crippen LogP contribution in [0.2, 0.25) is 0 Å². The molecular weight excluding hydrogens is 308 g/mol. The molecule has 0 spiro atoms. The fourth-order valence-electron chi connectivity index (χ4n) is 1.63. The van der Waals surface area contributed by atoms with E-state index in [2.05, 4.69) is 21.2 Å². The van der Waals surface area contributed by atoms with Gasteiger partial charge in [-0.2, -0.15) is 0 Å². The number of amides is 1. The zero-order valence-corrected chi connectivity index (χ0v) is 13.3. The second kappa shape index (κ2) is 6.91. The maximum atomic E-state index is 11.8. The lowest BCUT2D eigenvalue weighted by Gasteiger charge is -2.20. The first-order chi connectivity index (χ1) is 8.81. The van der Waals surface area contributed by atoms with Crippen LogP contribution in [-0.2, 0) is 4.79 Å². The lowest BCUT2D eigenvalue weighted by molar-refractivity contribution is -0.127. The van der Waals surface area contributed by atoms with E-state index in [1.165, 1.54) is 0 Å². The van der Waals surface area contributed by atoms with E-state index in [0.717, 1.165) is 10.0 Å². The van der Waals surface area contributed by atoms with Gasteiger partial charge in [0, 0.05) is 22.1 Å². The van der Waals surface area contributed by atoms with Gasteiger partial charge in [-0.3, -0.25) is 4.79 Å². The van der Waals surface area contributed by atoms with Gasteiger partial charge in [0.2, 0.25) is 0 Å². The number of ether oxygens (including phenoxy) is 1. The Morgan fingerprint density at radius 1 is 1.32 bits per heavy atom. The summed E-state index contributed by atoms with van der Waals surface area (Å²) in [6.45, 7) is 7.44. The van der Waals surface area contributed by atoms with Crippen molar-refractivity contribution in [2.75, 3.05) is 0 Å². The number of hydrogen-bond acceptors (Lipinski definition) is 3. The Labute approximate surface area is 122 Å². The third-order valence-electron chi connectivity index (χ3n) is 2.57. The molecule has 0 radical (unpaired) electrons. The molecular formula is C14H21BrN2O2. The summed E-state index contributed by atoms with van der Waals surface area (Å²) in [6, 6.07) is 5.58. The highest BCUT2D eigenvalue weighted by atomic mass is 79.9. The second-order valence-corrected chi connectivity index (χ2v) is 5.81. The predicted molar refractivity (Wildman–Crippen MR) is 80.1 cm³/mol. The molecule has 0 heterocycles. The number of nitrogens with one attached hydrogen (secondary N) is 1. The Balaban J connectivity index is 2.86. The highest BCUT2D eigenvalue weighted by Crippen LogP contribution is 2.28. The monoisotopic (exact) mass is 328 g/mol. The van der Waals surface area contributed by atoms with Crippen LogP contribution >= 0.6 is 15.9 Å². The molecule has 1 unspecified atom stereocenters. The number of halogens is 1. The second-order valence-electron chi connectivity index (χ2n) is 4.89. The van der Waals surface area contributed by atoms with Crippen LogP contribution in [0.15, 0.2) is 22.7 Å². The fourth-order valence-corrected chi connectivity index (χ4v) is 1.97. The van der Waals surface area contributed by atoms with Gasteiger partial charge in [0.15, 0.2) is 6.10 Å². The molecule has 0 aromatic heterocycles. The Morgan fingerprint density at radius 3 is 2.47 bits per heavy atom. The number of rotatable bonds is 5. The topological polar surface area (TPSA) is 64.3 Å². The summed E-state index contributed by atoms with van der Waals surface area (Å²) < 4.78 is 6.62. The van der Waals surface area contributed by atoms with Gasteiger partial charge >= 0.3 is 0 Å². The van der Waals surface area contributed by atoms with Gasteiger partial charge < -0.3 is 15.8 Å². The van der Waals surface area contributed by atoms with Crippen molar-refractivity contribution in [3.05, 3.63) is 28.2 Å². The Hall–Kier alpha value is -1.07. The molecule has 0 aliphatic carbocycles. The highest BCUT2D eigenvalue weighted by Gasteiger charge is 2.18. The van der Waals surface area contributed by atoms with Crippen molar-refractivity contribution in [1.82, 2.24) is 5.32 Å². The molecule has 2 atom stereocenters. The van der Waals surface area contributed by atoms with Crippen molar-refractivity contribution in [1.29, 1.82) is 0 Å². The minimum Gasteiger partial charge on any atom is -0.481 e. The summed E-state index contributed by atoms with van der Waals surface area (Å²) in [6.07, 6.45) is -0.561. The van der Waals surface area contributed by atoms with E-state index in [9.17, 15) is 4.79 Å². The van der Waals surface area contributed by atoms with Gasteiger partial charge in [-0.25, -0.2) is 0 Å². The fraction of sp³-hybridized carbons (Fsp3) is 0.500. The number of carbonyl (C=O) groups excluding carboxylic acids is 1. The zero-order valence-electron chi connectivity index (χ0n) is 11.7. The predicted octanol–water partition coefficient (Wildman–Crippen LogP) is 2.76. The molecule has 1 amide bonds. The Morgan fingerprint density at radius 2 is 1.95 bits per heavy atom. The number of hydrogen-bond donors (Lipinski definition) is 2. The third kappa shape index (κ3) is 4.84. The van der Waals surface area contributed by atoms with Crippen LogP contribution in [0.5, 0.6) is 5.75 Å². The number of nitrogens with two attached hydrogens (primary N) is 1. The van der Waals surface area contributed by atoms with E-state index >= 15 is 0 Å². The third-order valence-corrected chi connectivity index (χ3v) is 3.06. The summed E-state index contributed by atoms with van der Waals surface area (Å²) in [4.78, 5) is 11.8. The molecule has 0 saturated carbocycles. The van der Waals surface area contributed by atoms with Crippen LogP contribution in [0.3, 0.4) is 0 Å². The molecule has 0 fully saturated rings. The number of benzene rings is 1. The van der Waals surface area contributed by atoms with Crippen LogP contribution < -0.4 is 15.8 Å². The summed E-state index contributed by atoms with van der Waals surface area (Å²) in [5, 5.41) is 2.82. The van der Waals surface area contributed by atoms with Crippen molar-refractivity contribution in [2.24, 2.45) is 5.73 Å². The molecule has 19 heavy (non-hydrogen) atoms. The summed E-state index contributed by atoms with van der Waals surface area (Å²) in [5.41, 5.74) is 6.78. The molecule has 3 N–H and O–H groups in total. The smallest absolute Gasteiger partial charge is 0.260 e. The van der Waals surface area contributed by atoms with Gasteiger partial charge in [0.05, 0.1) is 0 Å². The standard InChI is InChI=1S/C14H21BrN2O2/c1-8(2)17-14(18)10(4)19-13-7-11(15)5-6-12(13)9(3)16/h5-10H,16H2,1-4H3,(H,17,18)/t9-,10?/m1/s1. The Kier molecular flexibility index (Phi) is 5.82. The quantitative estimate of drug-likeness (QED) is 0.873. The van der Waals surface area contributed by atoms with E-state index < -0.39 is 6.10 Å². The van der Waals surface area contributed by atoms with Crippen molar-refractivity contribution < 1.29 is 9.53 Å². The molecule has 1 aromatic rings. The number of carbonyl (C=O) groups is 1.